The number of H-pyrrole nitrogens is 1. The van der Waals surface area contributed by atoms with Crippen LogP contribution in [0.2, 0.25) is 0 Å². The number of hydrogen-bond acceptors (Lipinski definition) is 2. The first kappa shape index (κ1) is 10.0. The van der Waals surface area contributed by atoms with Crippen molar-refractivity contribution in [3.8, 4) is 0 Å². The van der Waals surface area contributed by atoms with E-state index in [-0.39, 0.29) is 0 Å². The van der Waals surface area contributed by atoms with Gasteiger partial charge in [-0.25, -0.2) is 4.98 Å². The van der Waals surface area contributed by atoms with E-state index in [1.165, 1.54) is 0 Å². The molecule has 0 fully saturated rings. The molecular formula is C8H17N3. The van der Waals surface area contributed by atoms with Crippen LogP contribution in [0.1, 0.15) is 27.7 Å². The minimum Gasteiger partial charge on any atom is -0.354 e. The molecule has 0 radical (unpaired) electrons. The Bertz CT molecular complexity index is 156. The summed E-state index contributed by atoms with van der Waals surface area (Å²) < 4.78 is 0. The van der Waals surface area contributed by atoms with Gasteiger partial charge in [-0.3, -0.25) is 0 Å². The summed E-state index contributed by atoms with van der Waals surface area (Å²) in [5, 5.41) is 3.12. The third kappa shape index (κ3) is 4.42. The molecule has 0 atom stereocenters. The third-order valence-electron chi connectivity index (χ3n) is 0.924. The Morgan fingerprint density at radius 3 is 2.45 bits per heavy atom. The van der Waals surface area contributed by atoms with Gasteiger partial charge >= 0.3 is 0 Å². The van der Waals surface area contributed by atoms with E-state index in [9.17, 15) is 0 Å². The molecule has 1 heterocycles. The molecular weight excluding hydrogens is 138 g/mol. The topological polar surface area (TPSA) is 40.7 Å². The molecule has 0 bridgehead atoms. The van der Waals surface area contributed by atoms with Crippen LogP contribution in [-0.2, 0) is 0 Å². The standard InChI is InChI=1S/C6H11N3.C2H6/c1-5(2)9-6-7-3-4-8-6;1-2/h3-5H,1-2H3,(H2,7,8,9);1-2H3. The fourth-order valence-corrected chi connectivity index (χ4v) is 0.618. The first-order valence-electron chi connectivity index (χ1n) is 4.05. The summed E-state index contributed by atoms with van der Waals surface area (Å²) in [6.07, 6.45) is 3.52. The minimum absolute atomic E-state index is 0.441. The van der Waals surface area contributed by atoms with Gasteiger partial charge in [0.25, 0.3) is 0 Å². The van der Waals surface area contributed by atoms with Crippen LogP contribution < -0.4 is 5.32 Å². The molecule has 0 unspecified atom stereocenters. The lowest BCUT2D eigenvalue weighted by Crippen LogP contribution is -2.10. The van der Waals surface area contributed by atoms with Crippen LogP contribution in [0.25, 0.3) is 0 Å². The summed E-state index contributed by atoms with van der Waals surface area (Å²) in [6.45, 7) is 8.14. The molecule has 1 aromatic heterocycles. The van der Waals surface area contributed by atoms with Gasteiger partial charge in [-0.2, -0.15) is 0 Å². The van der Waals surface area contributed by atoms with Gasteiger partial charge in [0.15, 0.2) is 5.95 Å². The number of imidazole rings is 1. The summed E-state index contributed by atoms with van der Waals surface area (Å²) in [6, 6.07) is 0.441. The quantitative estimate of drug-likeness (QED) is 0.687. The van der Waals surface area contributed by atoms with Crippen LogP contribution in [-0.4, -0.2) is 16.0 Å². The van der Waals surface area contributed by atoms with Crippen LogP contribution in [0.15, 0.2) is 12.4 Å². The Kier molecular flexibility index (Phi) is 5.25. The molecule has 0 spiro atoms. The van der Waals surface area contributed by atoms with Crippen LogP contribution >= 0.6 is 0 Å². The molecule has 64 valence electrons. The van der Waals surface area contributed by atoms with E-state index >= 15 is 0 Å². The van der Waals surface area contributed by atoms with Crippen molar-refractivity contribution < 1.29 is 0 Å². The van der Waals surface area contributed by atoms with E-state index in [1.54, 1.807) is 12.4 Å². The molecule has 0 aliphatic rings. The lowest BCUT2D eigenvalue weighted by atomic mass is 10.4. The zero-order chi connectivity index (χ0) is 8.69. The average Bonchev–Trinajstić information content (AvgIpc) is 2.43. The van der Waals surface area contributed by atoms with Crippen molar-refractivity contribution in [1.29, 1.82) is 0 Å². The Hall–Kier alpha value is -0.990. The zero-order valence-electron chi connectivity index (χ0n) is 7.68. The molecule has 0 aliphatic heterocycles. The number of nitrogens with zero attached hydrogens (tertiary/aromatic N) is 1. The second kappa shape index (κ2) is 5.77. The monoisotopic (exact) mass is 155 g/mol. The van der Waals surface area contributed by atoms with Crippen molar-refractivity contribution in [2.24, 2.45) is 0 Å². The van der Waals surface area contributed by atoms with Crippen LogP contribution in [0.5, 0.6) is 0 Å². The lowest BCUT2D eigenvalue weighted by molar-refractivity contribution is 0.882. The molecule has 0 aromatic carbocycles. The van der Waals surface area contributed by atoms with Gasteiger partial charge in [0.05, 0.1) is 0 Å². The van der Waals surface area contributed by atoms with Crippen molar-refractivity contribution in [2.75, 3.05) is 5.32 Å². The maximum atomic E-state index is 3.99. The first-order valence-corrected chi connectivity index (χ1v) is 4.05. The predicted molar refractivity (Wildman–Crippen MR) is 48.7 cm³/mol. The zero-order valence-corrected chi connectivity index (χ0v) is 7.68. The highest BCUT2D eigenvalue weighted by Gasteiger charge is 1.93. The Morgan fingerprint density at radius 1 is 1.45 bits per heavy atom. The summed E-state index contributed by atoms with van der Waals surface area (Å²) in [5.74, 6) is 0.838. The van der Waals surface area contributed by atoms with E-state index in [1.807, 2.05) is 13.8 Å². The summed E-state index contributed by atoms with van der Waals surface area (Å²) in [5.41, 5.74) is 0. The summed E-state index contributed by atoms with van der Waals surface area (Å²) in [7, 11) is 0. The average molecular weight is 155 g/mol. The molecule has 2 N–H and O–H groups in total. The van der Waals surface area contributed by atoms with Gasteiger partial charge in [0.1, 0.15) is 0 Å². The molecule has 1 rings (SSSR count). The van der Waals surface area contributed by atoms with Gasteiger partial charge in [0.2, 0.25) is 0 Å². The van der Waals surface area contributed by atoms with Gasteiger partial charge in [-0.05, 0) is 13.8 Å². The molecule has 3 nitrogen and oxygen atoms in total. The Morgan fingerprint density at radius 2 is 2.09 bits per heavy atom. The number of anilines is 1. The Labute approximate surface area is 68.2 Å². The smallest absolute Gasteiger partial charge is 0.200 e. The molecule has 0 aliphatic carbocycles. The number of rotatable bonds is 2. The SMILES string of the molecule is CC.CC(C)Nc1ncc[nH]1. The summed E-state index contributed by atoms with van der Waals surface area (Å²) >= 11 is 0. The predicted octanol–water partition coefficient (Wildman–Crippen LogP) is 2.26. The second-order valence-electron chi connectivity index (χ2n) is 2.24. The summed E-state index contributed by atoms with van der Waals surface area (Å²) in [4.78, 5) is 6.94. The first-order chi connectivity index (χ1) is 5.29. The van der Waals surface area contributed by atoms with E-state index in [4.69, 9.17) is 0 Å². The lowest BCUT2D eigenvalue weighted by Gasteiger charge is -2.03. The fourth-order valence-electron chi connectivity index (χ4n) is 0.618. The second-order valence-corrected chi connectivity index (χ2v) is 2.24. The molecule has 1 aromatic rings. The van der Waals surface area contributed by atoms with Gasteiger partial charge in [-0.15, -0.1) is 0 Å². The molecule has 3 heteroatoms. The minimum atomic E-state index is 0.441. The van der Waals surface area contributed by atoms with Crippen LogP contribution in [0.3, 0.4) is 0 Å². The van der Waals surface area contributed by atoms with Crippen LogP contribution in [0.4, 0.5) is 5.95 Å². The van der Waals surface area contributed by atoms with Crippen molar-refractivity contribution in [3.05, 3.63) is 12.4 Å². The van der Waals surface area contributed by atoms with E-state index < -0.39 is 0 Å². The number of hydrogen-bond donors (Lipinski definition) is 2. The number of aromatic amines is 1. The fraction of sp³-hybridized carbons (Fsp3) is 0.625. The molecule has 0 amide bonds. The molecule has 11 heavy (non-hydrogen) atoms. The van der Waals surface area contributed by atoms with Gasteiger partial charge < -0.3 is 10.3 Å². The van der Waals surface area contributed by atoms with Crippen molar-refractivity contribution >= 4 is 5.95 Å². The van der Waals surface area contributed by atoms with E-state index in [0.717, 1.165) is 5.95 Å². The Balaban J connectivity index is 0.000000461. The third-order valence-corrected chi connectivity index (χ3v) is 0.924. The van der Waals surface area contributed by atoms with Crippen molar-refractivity contribution in [2.45, 2.75) is 33.7 Å². The molecule has 0 saturated carbocycles. The normalized spacial score (nSPS) is 8.82. The number of nitrogens with one attached hydrogen (secondary N) is 2. The maximum Gasteiger partial charge on any atom is 0.200 e. The highest BCUT2D eigenvalue weighted by molar-refractivity contribution is 5.23. The van der Waals surface area contributed by atoms with Crippen molar-refractivity contribution in [1.82, 2.24) is 9.97 Å². The van der Waals surface area contributed by atoms with E-state index in [0.29, 0.717) is 6.04 Å². The highest BCUT2D eigenvalue weighted by Crippen LogP contribution is 1.96. The largest absolute Gasteiger partial charge is 0.354 e. The maximum absolute atomic E-state index is 3.99. The van der Waals surface area contributed by atoms with Crippen molar-refractivity contribution in [3.63, 3.8) is 0 Å². The van der Waals surface area contributed by atoms with Gasteiger partial charge in [-0.1, -0.05) is 13.8 Å². The highest BCUT2D eigenvalue weighted by atomic mass is 15.1. The molecule has 0 saturated heterocycles. The number of aromatic nitrogens is 2. The van der Waals surface area contributed by atoms with E-state index in [2.05, 4.69) is 29.1 Å². The van der Waals surface area contributed by atoms with Gasteiger partial charge in [0, 0.05) is 18.4 Å². The van der Waals surface area contributed by atoms with Crippen LogP contribution in [0, 0.1) is 0 Å².